The van der Waals surface area contributed by atoms with Crippen LogP contribution in [0.1, 0.15) is 12.0 Å². The molecule has 0 atom stereocenters. The first kappa shape index (κ1) is 18.3. The van der Waals surface area contributed by atoms with Crippen LogP contribution in [-0.4, -0.2) is 28.9 Å². The number of fused-ring (bicyclic) bond motifs is 1. The van der Waals surface area contributed by atoms with Crippen LogP contribution in [0.25, 0.3) is 10.9 Å². The highest BCUT2D eigenvalue weighted by atomic mass is 16.6. The van der Waals surface area contributed by atoms with Gasteiger partial charge >= 0.3 is 0 Å². The zero-order valence-corrected chi connectivity index (χ0v) is 14.7. The Kier molecular flexibility index (Phi) is 5.94. The van der Waals surface area contributed by atoms with Crippen molar-refractivity contribution in [2.45, 2.75) is 12.8 Å². The molecule has 27 heavy (non-hydrogen) atoms. The maximum atomic E-state index is 12.0. The molecule has 0 aliphatic carbocycles. The lowest BCUT2D eigenvalue weighted by atomic mass is 10.1. The Morgan fingerprint density at radius 1 is 1.04 bits per heavy atom. The van der Waals surface area contributed by atoms with Crippen molar-refractivity contribution in [2.24, 2.45) is 0 Å². The molecule has 3 aromatic rings. The lowest BCUT2D eigenvalue weighted by Gasteiger charge is -2.09. The number of nitro benzene ring substituents is 1. The topological polar surface area (TPSA) is 97.2 Å². The van der Waals surface area contributed by atoms with Gasteiger partial charge in [-0.15, -0.1) is 0 Å². The van der Waals surface area contributed by atoms with E-state index in [0.29, 0.717) is 25.2 Å². The summed E-state index contributed by atoms with van der Waals surface area (Å²) in [6.07, 6.45) is 2.69. The minimum atomic E-state index is -0.444. The Morgan fingerprint density at radius 2 is 1.85 bits per heavy atom. The van der Waals surface area contributed by atoms with Crippen molar-refractivity contribution < 1.29 is 9.72 Å². The van der Waals surface area contributed by atoms with E-state index in [0.717, 1.165) is 16.5 Å². The minimum Gasteiger partial charge on any atom is -0.379 e. The molecular weight excluding hydrogens is 344 g/mol. The fourth-order valence-corrected chi connectivity index (χ4v) is 2.89. The van der Waals surface area contributed by atoms with Crippen LogP contribution >= 0.6 is 0 Å². The molecule has 0 saturated heterocycles. The summed E-state index contributed by atoms with van der Waals surface area (Å²) in [7, 11) is 0. The molecular formula is C20H20N4O3. The number of benzene rings is 2. The lowest BCUT2D eigenvalue weighted by Crippen LogP contribution is -2.27. The quantitative estimate of drug-likeness (QED) is 0.472. The summed E-state index contributed by atoms with van der Waals surface area (Å²) in [6.45, 7) is 0.840. The lowest BCUT2D eigenvalue weighted by molar-refractivity contribution is -0.384. The molecule has 0 spiro atoms. The number of amides is 1. The second kappa shape index (κ2) is 8.75. The summed E-state index contributed by atoms with van der Waals surface area (Å²) in [6, 6.07) is 16.3. The van der Waals surface area contributed by atoms with Gasteiger partial charge in [0.05, 0.1) is 10.4 Å². The molecule has 0 bridgehead atoms. The van der Waals surface area contributed by atoms with Crippen molar-refractivity contribution in [3.05, 3.63) is 76.5 Å². The van der Waals surface area contributed by atoms with Gasteiger partial charge < -0.3 is 10.6 Å². The van der Waals surface area contributed by atoms with Gasteiger partial charge in [-0.3, -0.25) is 19.9 Å². The number of para-hydroxylation sites is 3. The highest BCUT2D eigenvalue weighted by Crippen LogP contribution is 2.22. The molecule has 0 saturated carbocycles. The van der Waals surface area contributed by atoms with Crippen LogP contribution < -0.4 is 10.6 Å². The maximum absolute atomic E-state index is 12.0. The number of hydrogen-bond donors (Lipinski definition) is 2. The number of aromatic nitrogens is 1. The van der Waals surface area contributed by atoms with Crippen LogP contribution in [-0.2, 0) is 11.2 Å². The summed E-state index contributed by atoms with van der Waals surface area (Å²) in [5.41, 5.74) is 2.46. The fraction of sp³-hybridized carbons (Fsp3) is 0.200. The average molecular weight is 364 g/mol. The average Bonchev–Trinajstić information content (AvgIpc) is 2.68. The largest absolute Gasteiger partial charge is 0.379 e. The van der Waals surface area contributed by atoms with E-state index in [2.05, 4.69) is 15.6 Å². The minimum absolute atomic E-state index is 0.00126. The van der Waals surface area contributed by atoms with Gasteiger partial charge in [0.15, 0.2) is 0 Å². The van der Waals surface area contributed by atoms with E-state index >= 15 is 0 Å². The van der Waals surface area contributed by atoms with Gasteiger partial charge in [-0.05, 0) is 24.1 Å². The molecule has 1 aromatic heterocycles. The van der Waals surface area contributed by atoms with Gasteiger partial charge in [0.1, 0.15) is 5.69 Å². The van der Waals surface area contributed by atoms with Crippen LogP contribution in [0.3, 0.4) is 0 Å². The van der Waals surface area contributed by atoms with Crippen molar-refractivity contribution >= 4 is 28.2 Å². The Bertz CT molecular complexity index is 953. The molecule has 0 aliphatic heterocycles. The van der Waals surface area contributed by atoms with Gasteiger partial charge in [0.2, 0.25) is 5.91 Å². The van der Waals surface area contributed by atoms with Crippen LogP contribution in [0, 0.1) is 10.1 Å². The number of rotatable bonds is 8. The molecule has 3 rings (SSSR count). The van der Waals surface area contributed by atoms with Gasteiger partial charge in [0.25, 0.3) is 5.69 Å². The molecule has 2 N–H and O–H groups in total. The number of carbonyl (C=O) groups is 1. The first-order valence-corrected chi connectivity index (χ1v) is 8.72. The third-order valence-electron chi connectivity index (χ3n) is 4.20. The van der Waals surface area contributed by atoms with Crippen LogP contribution in [0.4, 0.5) is 11.4 Å². The van der Waals surface area contributed by atoms with E-state index in [4.69, 9.17) is 0 Å². The Balaban J connectivity index is 1.46. The number of nitrogens with zero attached hydrogens (tertiary/aromatic N) is 2. The molecule has 1 heterocycles. The first-order valence-electron chi connectivity index (χ1n) is 8.72. The highest BCUT2D eigenvalue weighted by Gasteiger charge is 2.12. The summed E-state index contributed by atoms with van der Waals surface area (Å²) in [5, 5.41) is 17.9. The van der Waals surface area contributed by atoms with Crippen molar-refractivity contribution in [1.29, 1.82) is 0 Å². The van der Waals surface area contributed by atoms with Gasteiger partial charge in [-0.25, -0.2) is 0 Å². The second-order valence-electron chi connectivity index (χ2n) is 6.04. The van der Waals surface area contributed by atoms with Crippen molar-refractivity contribution in [3.8, 4) is 0 Å². The number of pyridine rings is 1. The second-order valence-corrected chi connectivity index (χ2v) is 6.04. The summed E-state index contributed by atoms with van der Waals surface area (Å²) in [5.74, 6) is -0.103. The van der Waals surface area contributed by atoms with Gasteiger partial charge in [0, 0.05) is 37.2 Å². The van der Waals surface area contributed by atoms with E-state index in [1.165, 1.54) is 6.07 Å². The molecule has 1 amide bonds. The Morgan fingerprint density at radius 3 is 2.70 bits per heavy atom. The molecule has 2 aromatic carbocycles. The fourth-order valence-electron chi connectivity index (χ4n) is 2.89. The number of anilines is 1. The molecule has 0 unspecified atom stereocenters. The predicted molar refractivity (Wildman–Crippen MR) is 105 cm³/mol. The van der Waals surface area contributed by atoms with Gasteiger partial charge in [-0.1, -0.05) is 36.4 Å². The molecule has 7 heteroatoms. The molecule has 0 radical (unpaired) electrons. The monoisotopic (exact) mass is 364 g/mol. The predicted octanol–water partition coefficient (Wildman–Crippen LogP) is 3.30. The van der Waals surface area contributed by atoms with E-state index in [1.54, 1.807) is 24.4 Å². The zero-order valence-electron chi connectivity index (χ0n) is 14.7. The zero-order chi connectivity index (χ0) is 19.1. The summed E-state index contributed by atoms with van der Waals surface area (Å²) >= 11 is 0. The molecule has 138 valence electrons. The van der Waals surface area contributed by atoms with Crippen molar-refractivity contribution in [1.82, 2.24) is 10.3 Å². The van der Waals surface area contributed by atoms with Crippen LogP contribution in [0.15, 0.2) is 60.8 Å². The third-order valence-corrected chi connectivity index (χ3v) is 4.20. The third kappa shape index (κ3) is 4.78. The standard InChI is InChI=1S/C20H20N4O3/c25-19(11-14-21-17-8-1-2-9-18(17)24(26)27)22-13-10-16-6-3-5-15-7-4-12-23-20(15)16/h1-9,12,21H,10-11,13-14H2,(H,22,25). The van der Waals surface area contributed by atoms with E-state index in [1.807, 2.05) is 30.3 Å². The van der Waals surface area contributed by atoms with Crippen molar-refractivity contribution in [2.75, 3.05) is 18.4 Å². The van der Waals surface area contributed by atoms with E-state index in [9.17, 15) is 14.9 Å². The smallest absolute Gasteiger partial charge is 0.292 e. The first-order chi connectivity index (χ1) is 13.1. The number of hydrogen-bond acceptors (Lipinski definition) is 5. The maximum Gasteiger partial charge on any atom is 0.292 e. The number of nitrogens with one attached hydrogen (secondary N) is 2. The SMILES string of the molecule is O=C(CCNc1ccccc1[N+](=O)[O-])NCCc1cccc2cccnc12. The normalized spacial score (nSPS) is 10.5. The van der Waals surface area contributed by atoms with E-state index in [-0.39, 0.29) is 18.0 Å². The molecule has 0 fully saturated rings. The highest BCUT2D eigenvalue weighted by molar-refractivity contribution is 5.81. The number of nitro groups is 1. The van der Waals surface area contributed by atoms with Crippen molar-refractivity contribution in [3.63, 3.8) is 0 Å². The summed E-state index contributed by atoms with van der Waals surface area (Å²) in [4.78, 5) is 26.9. The van der Waals surface area contributed by atoms with Crippen LogP contribution in [0.5, 0.6) is 0 Å². The Hall–Kier alpha value is -3.48. The van der Waals surface area contributed by atoms with Gasteiger partial charge in [-0.2, -0.15) is 0 Å². The summed E-state index contributed by atoms with van der Waals surface area (Å²) < 4.78 is 0. The van der Waals surface area contributed by atoms with E-state index < -0.39 is 4.92 Å². The molecule has 7 nitrogen and oxygen atoms in total. The Labute approximate surface area is 156 Å². The molecule has 0 aliphatic rings. The number of carbonyl (C=O) groups excluding carboxylic acids is 1. The van der Waals surface area contributed by atoms with Crippen LogP contribution in [0.2, 0.25) is 0 Å².